The van der Waals surface area contributed by atoms with Gasteiger partial charge in [-0.25, -0.2) is 0 Å². The van der Waals surface area contributed by atoms with E-state index in [0.717, 1.165) is 0 Å². The molecule has 0 fully saturated rings. The van der Waals surface area contributed by atoms with Gasteiger partial charge >= 0.3 is 0 Å². The molecule has 0 aliphatic heterocycles. The van der Waals surface area contributed by atoms with Crippen molar-refractivity contribution in [3.05, 3.63) is 23.3 Å². The van der Waals surface area contributed by atoms with E-state index in [9.17, 15) is 4.79 Å². The number of carbonyl (C=O) groups excluding carboxylic acids is 1. The molecule has 0 aliphatic rings. The second-order valence-electron chi connectivity index (χ2n) is 4.64. The molecule has 0 saturated heterocycles. The largest absolute Gasteiger partial charge is 0.496 e. The predicted molar refractivity (Wildman–Crippen MR) is 79.5 cm³/mol. The van der Waals surface area contributed by atoms with Crippen molar-refractivity contribution < 1.29 is 19.0 Å². The Kier molecular flexibility index (Phi) is 5.79. The highest BCUT2D eigenvalue weighted by Gasteiger charge is 2.16. The molecule has 0 amide bonds. The third-order valence-corrected chi connectivity index (χ3v) is 2.95. The second-order valence-corrected chi connectivity index (χ2v) is 4.64. The number of nitriles is 1. The quantitative estimate of drug-likeness (QED) is 0.595. The Bertz CT molecular complexity index is 597. The Balaban J connectivity index is 3.41. The van der Waals surface area contributed by atoms with Gasteiger partial charge in [-0.15, -0.1) is 0 Å². The normalized spacial score (nSPS) is 11.0. The standard InChI is InChI=1S/C16H19NO4/c1-10(2)16(18)12(9-17)6-11-7-14(20-4)15(21-5)8-13(11)19-3/h6-8,10H,1-5H3/b12-6-. The molecule has 0 atom stereocenters. The maximum Gasteiger partial charge on any atom is 0.175 e. The van der Waals surface area contributed by atoms with E-state index in [4.69, 9.17) is 19.5 Å². The molecule has 0 heterocycles. The number of carbonyl (C=O) groups is 1. The van der Waals surface area contributed by atoms with E-state index in [2.05, 4.69) is 0 Å². The highest BCUT2D eigenvalue weighted by Crippen LogP contribution is 2.35. The summed E-state index contributed by atoms with van der Waals surface area (Å²) in [4.78, 5) is 12.0. The van der Waals surface area contributed by atoms with Crippen molar-refractivity contribution >= 4 is 11.9 Å². The van der Waals surface area contributed by atoms with Crippen molar-refractivity contribution in [2.24, 2.45) is 5.92 Å². The Morgan fingerprint density at radius 1 is 1.10 bits per heavy atom. The number of nitrogens with zero attached hydrogens (tertiary/aromatic N) is 1. The molecule has 112 valence electrons. The van der Waals surface area contributed by atoms with E-state index in [1.165, 1.54) is 27.4 Å². The van der Waals surface area contributed by atoms with E-state index in [0.29, 0.717) is 22.8 Å². The van der Waals surface area contributed by atoms with E-state index in [-0.39, 0.29) is 17.3 Å². The fraction of sp³-hybridized carbons (Fsp3) is 0.375. The van der Waals surface area contributed by atoms with Crippen LogP contribution in [0.1, 0.15) is 19.4 Å². The van der Waals surface area contributed by atoms with Gasteiger partial charge in [0, 0.05) is 17.5 Å². The molecule has 0 N–H and O–H groups in total. The van der Waals surface area contributed by atoms with Gasteiger partial charge in [-0.1, -0.05) is 13.8 Å². The first kappa shape index (κ1) is 16.6. The second kappa shape index (κ2) is 7.34. The van der Waals surface area contributed by atoms with Crippen LogP contribution in [0.15, 0.2) is 17.7 Å². The van der Waals surface area contributed by atoms with Gasteiger partial charge < -0.3 is 14.2 Å². The van der Waals surface area contributed by atoms with E-state index >= 15 is 0 Å². The maximum absolute atomic E-state index is 12.0. The van der Waals surface area contributed by atoms with Crippen LogP contribution in [0.2, 0.25) is 0 Å². The molecule has 1 aromatic rings. The molecule has 0 aromatic heterocycles. The first-order valence-electron chi connectivity index (χ1n) is 6.44. The number of ketones is 1. The van der Waals surface area contributed by atoms with Crippen LogP contribution in [0.5, 0.6) is 17.2 Å². The van der Waals surface area contributed by atoms with Crippen LogP contribution >= 0.6 is 0 Å². The molecule has 0 radical (unpaired) electrons. The number of ether oxygens (including phenoxy) is 3. The van der Waals surface area contributed by atoms with Crippen molar-refractivity contribution in [3.63, 3.8) is 0 Å². The van der Waals surface area contributed by atoms with Gasteiger partial charge in [0.05, 0.1) is 26.9 Å². The number of rotatable bonds is 6. The van der Waals surface area contributed by atoms with Crippen LogP contribution in [0.25, 0.3) is 6.08 Å². The number of methoxy groups -OCH3 is 3. The summed E-state index contributed by atoms with van der Waals surface area (Å²) in [5.74, 6) is 1.05. The van der Waals surface area contributed by atoms with Crippen molar-refractivity contribution in [3.8, 4) is 23.3 Å². The lowest BCUT2D eigenvalue weighted by molar-refractivity contribution is -0.117. The van der Waals surface area contributed by atoms with Crippen LogP contribution in [-0.2, 0) is 4.79 Å². The van der Waals surface area contributed by atoms with E-state index in [1.54, 1.807) is 26.0 Å². The predicted octanol–water partition coefficient (Wildman–Crippen LogP) is 2.84. The minimum Gasteiger partial charge on any atom is -0.496 e. The third-order valence-electron chi connectivity index (χ3n) is 2.95. The summed E-state index contributed by atoms with van der Waals surface area (Å²) in [6, 6.07) is 5.25. The highest BCUT2D eigenvalue weighted by atomic mass is 16.5. The Morgan fingerprint density at radius 2 is 1.62 bits per heavy atom. The lowest BCUT2D eigenvalue weighted by Gasteiger charge is -2.12. The molecular formula is C16H19NO4. The lowest BCUT2D eigenvalue weighted by Crippen LogP contribution is -2.09. The molecular weight excluding hydrogens is 270 g/mol. The Labute approximate surface area is 124 Å². The molecule has 21 heavy (non-hydrogen) atoms. The summed E-state index contributed by atoms with van der Waals surface area (Å²) >= 11 is 0. The Morgan fingerprint density at radius 3 is 2.05 bits per heavy atom. The van der Waals surface area contributed by atoms with Crippen molar-refractivity contribution in [1.82, 2.24) is 0 Å². The van der Waals surface area contributed by atoms with Gasteiger partial charge in [0.2, 0.25) is 0 Å². The molecule has 0 unspecified atom stereocenters. The summed E-state index contributed by atoms with van der Waals surface area (Å²) < 4.78 is 15.7. The first-order valence-corrected chi connectivity index (χ1v) is 6.44. The number of allylic oxidation sites excluding steroid dienone is 1. The van der Waals surface area contributed by atoms with Gasteiger partial charge in [-0.3, -0.25) is 4.79 Å². The lowest BCUT2D eigenvalue weighted by atomic mass is 9.99. The maximum atomic E-state index is 12.0. The number of benzene rings is 1. The average molecular weight is 289 g/mol. The van der Waals surface area contributed by atoms with Crippen molar-refractivity contribution in [2.75, 3.05) is 21.3 Å². The zero-order chi connectivity index (χ0) is 16.0. The van der Waals surface area contributed by atoms with Gasteiger partial charge in [0.25, 0.3) is 0 Å². The SMILES string of the molecule is COc1cc(OC)c(OC)cc1/C=C(/C#N)C(=O)C(C)C. The molecule has 0 saturated carbocycles. The van der Waals surface area contributed by atoms with Crippen LogP contribution in [0.4, 0.5) is 0 Å². The van der Waals surface area contributed by atoms with Crippen LogP contribution in [-0.4, -0.2) is 27.1 Å². The van der Waals surface area contributed by atoms with Gasteiger partial charge in [-0.05, 0) is 12.1 Å². The number of hydrogen-bond acceptors (Lipinski definition) is 5. The summed E-state index contributed by atoms with van der Waals surface area (Å²) in [5.41, 5.74) is 0.663. The molecule has 5 nitrogen and oxygen atoms in total. The van der Waals surface area contributed by atoms with Gasteiger partial charge in [0.1, 0.15) is 11.8 Å². The molecule has 1 aromatic carbocycles. The molecule has 0 aliphatic carbocycles. The fourth-order valence-electron chi connectivity index (χ4n) is 1.79. The summed E-state index contributed by atoms with van der Waals surface area (Å²) in [6.07, 6.45) is 1.50. The van der Waals surface area contributed by atoms with E-state index in [1.807, 2.05) is 6.07 Å². The van der Waals surface area contributed by atoms with E-state index < -0.39 is 0 Å². The molecule has 5 heteroatoms. The van der Waals surface area contributed by atoms with Crippen LogP contribution < -0.4 is 14.2 Å². The number of hydrogen-bond donors (Lipinski definition) is 0. The monoisotopic (exact) mass is 289 g/mol. The van der Waals surface area contributed by atoms with Crippen molar-refractivity contribution in [2.45, 2.75) is 13.8 Å². The van der Waals surface area contributed by atoms with Crippen LogP contribution in [0.3, 0.4) is 0 Å². The molecule has 0 spiro atoms. The minimum absolute atomic E-state index is 0.0792. The zero-order valence-corrected chi connectivity index (χ0v) is 12.9. The Hall–Kier alpha value is -2.48. The minimum atomic E-state index is -0.248. The summed E-state index contributed by atoms with van der Waals surface area (Å²) in [5, 5.41) is 9.16. The third kappa shape index (κ3) is 3.76. The van der Waals surface area contributed by atoms with Gasteiger partial charge in [-0.2, -0.15) is 5.26 Å². The molecule has 1 rings (SSSR count). The topological polar surface area (TPSA) is 68.6 Å². The smallest absolute Gasteiger partial charge is 0.175 e. The highest BCUT2D eigenvalue weighted by molar-refractivity contribution is 6.04. The number of Topliss-reactive ketones (excluding diaryl/α,β-unsaturated/α-hetero) is 1. The van der Waals surface area contributed by atoms with Gasteiger partial charge in [0.15, 0.2) is 17.3 Å². The molecule has 0 bridgehead atoms. The fourth-order valence-corrected chi connectivity index (χ4v) is 1.79. The summed E-state index contributed by atoms with van der Waals surface area (Å²) in [7, 11) is 4.55. The zero-order valence-electron chi connectivity index (χ0n) is 12.9. The van der Waals surface area contributed by atoms with Crippen LogP contribution in [0, 0.1) is 17.2 Å². The van der Waals surface area contributed by atoms with Crippen molar-refractivity contribution in [1.29, 1.82) is 5.26 Å². The summed E-state index contributed by atoms with van der Waals surface area (Å²) in [6.45, 7) is 3.50. The first-order chi connectivity index (χ1) is 9.98. The average Bonchev–Trinajstić information content (AvgIpc) is 2.50.